The van der Waals surface area contributed by atoms with E-state index in [2.05, 4.69) is 38.1 Å². The van der Waals surface area contributed by atoms with Crippen LogP contribution in [0.2, 0.25) is 0 Å². The van der Waals surface area contributed by atoms with Gasteiger partial charge in [-0.15, -0.1) is 0 Å². The summed E-state index contributed by atoms with van der Waals surface area (Å²) in [5, 5.41) is 12.9. The zero-order valence-electron chi connectivity index (χ0n) is 29.7. The molecule has 0 unspecified atom stereocenters. The molecule has 2 fully saturated rings. The van der Waals surface area contributed by atoms with Crippen LogP contribution in [0.4, 0.5) is 10.5 Å². The van der Waals surface area contributed by atoms with Gasteiger partial charge in [0.15, 0.2) is 0 Å². The van der Waals surface area contributed by atoms with Crippen LogP contribution in [-0.4, -0.2) is 87.3 Å². The fourth-order valence-electron chi connectivity index (χ4n) is 6.69. The van der Waals surface area contributed by atoms with E-state index in [0.717, 1.165) is 57.3 Å². The van der Waals surface area contributed by atoms with Gasteiger partial charge >= 0.3 is 6.09 Å². The van der Waals surface area contributed by atoms with Crippen LogP contribution in [0.1, 0.15) is 74.5 Å². The van der Waals surface area contributed by atoms with Gasteiger partial charge in [0.25, 0.3) is 5.91 Å². The van der Waals surface area contributed by atoms with Crippen LogP contribution in [0.15, 0.2) is 66.9 Å². The summed E-state index contributed by atoms with van der Waals surface area (Å²) in [4.78, 5) is 57.5. The zero-order valence-corrected chi connectivity index (χ0v) is 29.7. The van der Waals surface area contributed by atoms with E-state index < -0.39 is 23.8 Å². The lowest BCUT2D eigenvalue weighted by molar-refractivity contribution is -0.135. The van der Waals surface area contributed by atoms with Gasteiger partial charge in [0.2, 0.25) is 11.8 Å². The molecule has 1 aromatic heterocycles. The predicted molar refractivity (Wildman–Crippen MR) is 191 cm³/mol. The van der Waals surface area contributed by atoms with E-state index in [1.54, 1.807) is 52.2 Å². The number of hydrogen-bond acceptors (Lipinski definition) is 7. The number of rotatable bonds is 11. The smallest absolute Gasteiger partial charge is 0.408 e. The van der Waals surface area contributed by atoms with E-state index in [9.17, 15) is 19.2 Å². The molecule has 2 aromatic carbocycles. The van der Waals surface area contributed by atoms with Gasteiger partial charge in [-0.05, 0) is 68.9 Å². The predicted octanol–water partition coefficient (Wildman–Crippen LogP) is 4.52. The highest BCUT2D eigenvalue weighted by Gasteiger charge is 2.33. The Morgan fingerprint density at radius 3 is 2.16 bits per heavy atom. The topological polar surface area (TPSA) is 138 Å². The van der Waals surface area contributed by atoms with Crippen LogP contribution < -0.4 is 16.0 Å². The highest BCUT2D eigenvalue weighted by atomic mass is 16.6. The second-order valence-corrected chi connectivity index (χ2v) is 14.4. The first-order valence-corrected chi connectivity index (χ1v) is 17.7. The van der Waals surface area contributed by atoms with Crippen molar-refractivity contribution in [3.8, 4) is 0 Å². The van der Waals surface area contributed by atoms with Crippen LogP contribution in [0.3, 0.4) is 0 Å². The zero-order chi connectivity index (χ0) is 35.7. The number of anilines is 1. The quantitative estimate of drug-likeness (QED) is 0.270. The normalized spacial score (nSPS) is 17.0. The van der Waals surface area contributed by atoms with Crippen molar-refractivity contribution in [3.63, 3.8) is 0 Å². The van der Waals surface area contributed by atoms with Crippen LogP contribution in [0, 0.1) is 5.92 Å². The Hall–Kier alpha value is -4.71. The van der Waals surface area contributed by atoms with E-state index in [0.29, 0.717) is 24.5 Å². The Balaban J connectivity index is 1.23. The summed E-state index contributed by atoms with van der Waals surface area (Å²) in [6.45, 7) is 8.76. The lowest BCUT2D eigenvalue weighted by Gasteiger charge is -2.36. The fraction of sp³-hybridized carbons (Fsp3) is 0.500. The summed E-state index contributed by atoms with van der Waals surface area (Å²) in [6.07, 6.45) is 6.05. The van der Waals surface area contributed by atoms with E-state index in [-0.39, 0.29) is 30.1 Å². The largest absolute Gasteiger partial charge is 0.444 e. The van der Waals surface area contributed by atoms with Crippen molar-refractivity contribution in [2.75, 3.05) is 31.5 Å². The molecule has 3 aromatic rings. The molecule has 50 heavy (non-hydrogen) atoms. The number of ether oxygens (including phenoxy) is 1. The van der Waals surface area contributed by atoms with Crippen LogP contribution >= 0.6 is 0 Å². The Morgan fingerprint density at radius 2 is 1.54 bits per heavy atom. The Bertz CT molecular complexity index is 1590. The van der Waals surface area contributed by atoms with Gasteiger partial charge in [-0.2, -0.15) is 5.10 Å². The van der Waals surface area contributed by atoms with E-state index in [4.69, 9.17) is 4.74 Å². The van der Waals surface area contributed by atoms with Crippen LogP contribution in [0.25, 0.3) is 0 Å². The number of aromatic nitrogens is 2. The molecule has 268 valence electrons. The summed E-state index contributed by atoms with van der Waals surface area (Å²) in [6, 6.07) is 17.6. The molecule has 1 aliphatic carbocycles. The van der Waals surface area contributed by atoms with Crippen molar-refractivity contribution in [1.82, 2.24) is 30.2 Å². The number of amides is 4. The average molecular weight is 686 g/mol. The molecule has 1 aliphatic heterocycles. The van der Waals surface area contributed by atoms with E-state index in [1.807, 2.05) is 35.2 Å². The van der Waals surface area contributed by atoms with E-state index in [1.165, 1.54) is 10.2 Å². The molecule has 2 aliphatic rings. The maximum absolute atomic E-state index is 13.8. The molecule has 0 bridgehead atoms. The number of carbonyl (C=O) groups excluding carboxylic acids is 4. The maximum Gasteiger partial charge on any atom is 0.408 e. The highest BCUT2D eigenvalue weighted by Crippen LogP contribution is 2.28. The highest BCUT2D eigenvalue weighted by molar-refractivity contribution is 6.00. The monoisotopic (exact) mass is 685 g/mol. The summed E-state index contributed by atoms with van der Waals surface area (Å²) < 4.78 is 7.00. The van der Waals surface area contributed by atoms with Gasteiger partial charge in [-0.3, -0.25) is 24.0 Å². The molecule has 1 saturated carbocycles. The van der Waals surface area contributed by atoms with Gasteiger partial charge in [-0.25, -0.2) is 4.79 Å². The number of carbonyl (C=O) groups is 4. The standard InChI is InChI=1S/C38H51N7O5/c1-38(2,3)50-37(49)41-31(36(48)45-23-21-44(22-24-45)26-28-11-7-5-8-12-28)25-27-15-17-30(18-16-27)40-35(47)33(29-13-9-6-10-14-29)42-34(46)32-19-20-39-43(32)4/h5,7-8,11-12,15-20,29,31,33H,6,9-10,13-14,21-26H2,1-4H3,(H,40,47)(H,41,49)(H,42,46)/t31-,33+/m1/s1. The Morgan fingerprint density at radius 1 is 0.860 bits per heavy atom. The summed E-state index contributed by atoms with van der Waals surface area (Å²) >= 11 is 0. The van der Waals surface area contributed by atoms with Crippen LogP contribution in [0.5, 0.6) is 0 Å². The minimum Gasteiger partial charge on any atom is -0.444 e. The van der Waals surface area contributed by atoms with Gasteiger partial charge in [0.1, 0.15) is 23.4 Å². The lowest BCUT2D eigenvalue weighted by atomic mass is 9.83. The van der Waals surface area contributed by atoms with Crippen molar-refractivity contribution in [3.05, 3.63) is 83.7 Å². The molecule has 2 atom stereocenters. The van der Waals surface area contributed by atoms with Gasteiger partial charge < -0.3 is 25.6 Å². The lowest BCUT2D eigenvalue weighted by Crippen LogP contribution is -2.55. The molecular formula is C38H51N7O5. The molecule has 12 nitrogen and oxygen atoms in total. The molecular weight excluding hydrogens is 634 g/mol. The second-order valence-electron chi connectivity index (χ2n) is 14.4. The first-order valence-electron chi connectivity index (χ1n) is 17.7. The molecule has 2 heterocycles. The van der Waals surface area contributed by atoms with Crippen molar-refractivity contribution >= 4 is 29.5 Å². The molecule has 1 saturated heterocycles. The first kappa shape index (κ1) is 36.6. The SMILES string of the molecule is Cn1nccc1C(=O)N[C@H](C(=O)Nc1ccc(C[C@@H](NC(=O)OC(C)(C)C)C(=O)N2CCN(Cc3ccccc3)CC2)cc1)C1CCCCC1. The summed E-state index contributed by atoms with van der Waals surface area (Å²) in [5.41, 5.74) is 2.30. The number of aryl methyl sites for hydroxylation is 1. The molecule has 4 amide bonds. The van der Waals surface area contributed by atoms with Gasteiger partial charge in [-0.1, -0.05) is 61.7 Å². The van der Waals surface area contributed by atoms with E-state index >= 15 is 0 Å². The minimum absolute atomic E-state index is 0.0334. The number of alkyl carbamates (subject to hydrolysis) is 1. The summed E-state index contributed by atoms with van der Waals surface area (Å²) in [5.74, 6) is -0.735. The Kier molecular flexibility index (Phi) is 12.3. The van der Waals surface area contributed by atoms with Crippen molar-refractivity contribution in [2.45, 2.75) is 83.5 Å². The molecule has 3 N–H and O–H groups in total. The number of piperazine rings is 1. The first-order chi connectivity index (χ1) is 23.9. The minimum atomic E-state index is -0.830. The number of nitrogens with one attached hydrogen (secondary N) is 3. The Labute approximate surface area is 294 Å². The summed E-state index contributed by atoms with van der Waals surface area (Å²) in [7, 11) is 1.69. The van der Waals surface area contributed by atoms with Crippen molar-refractivity contribution in [2.24, 2.45) is 13.0 Å². The van der Waals surface area contributed by atoms with Crippen molar-refractivity contribution in [1.29, 1.82) is 0 Å². The third-order valence-electron chi connectivity index (χ3n) is 9.33. The molecule has 0 radical (unpaired) electrons. The fourth-order valence-corrected chi connectivity index (χ4v) is 6.69. The molecule has 12 heteroatoms. The molecule has 5 rings (SSSR count). The van der Waals surface area contributed by atoms with Gasteiger partial charge in [0.05, 0.1) is 0 Å². The number of nitrogens with zero attached hydrogens (tertiary/aromatic N) is 4. The number of hydrogen-bond donors (Lipinski definition) is 3. The van der Waals surface area contributed by atoms with Crippen LogP contribution in [-0.2, 0) is 34.3 Å². The van der Waals surface area contributed by atoms with Gasteiger partial charge in [0, 0.05) is 58.1 Å². The maximum atomic E-state index is 13.8. The number of benzene rings is 2. The molecule has 0 spiro atoms. The average Bonchev–Trinajstić information content (AvgIpc) is 3.53. The third kappa shape index (κ3) is 10.4. The second kappa shape index (κ2) is 16.8. The third-order valence-corrected chi connectivity index (χ3v) is 9.33. The van der Waals surface area contributed by atoms with Crippen molar-refractivity contribution < 1.29 is 23.9 Å².